The number of oxazole rings is 1. The molecule has 2 heterocycles. The summed E-state index contributed by atoms with van der Waals surface area (Å²) in [6.45, 7) is 0.0886. The second-order valence-electron chi connectivity index (χ2n) is 5.24. The number of hydrogen-bond acceptors (Lipinski definition) is 5. The van der Waals surface area contributed by atoms with Gasteiger partial charge in [-0.15, -0.1) is 0 Å². The van der Waals surface area contributed by atoms with Crippen LogP contribution in [0, 0.1) is 11.6 Å². The molecule has 0 fully saturated rings. The molecule has 124 valence electrons. The SMILES string of the molecule is Fc1cccc(F)c1-c1nc(COc2ccc3nccnc3c2)co1. The summed E-state index contributed by atoms with van der Waals surface area (Å²) >= 11 is 0. The van der Waals surface area contributed by atoms with Crippen LogP contribution in [-0.2, 0) is 6.61 Å². The van der Waals surface area contributed by atoms with Crippen molar-refractivity contribution in [3.63, 3.8) is 0 Å². The predicted octanol–water partition coefficient (Wildman–Crippen LogP) is 4.14. The van der Waals surface area contributed by atoms with Gasteiger partial charge in [0.15, 0.2) is 0 Å². The van der Waals surface area contributed by atoms with Gasteiger partial charge in [0.1, 0.15) is 41.5 Å². The molecule has 0 saturated heterocycles. The van der Waals surface area contributed by atoms with Crippen molar-refractivity contribution in [3.8, 4) is 17.2 Å². The Bertz CT molecular complexity index is 1030. The van der Waals surface area contributed by atoms with Crippen molar-refractivity contribution in [1.82, 2.24) is 15.0 Å². The van der Waals surface area contributed by atoms with Crippen LogP contribution in [0.25, 0.3) is 22.5 Å². The zero-order chi connectivity index (χ0) is 17.2. The van der Waals surface area contributed by atoms with Crippen molar-refractivity contribution in [3.05, 3.63) is 72.4 Å². The Morgan fingerprint density at radius 3 is 2.52 bits per heavy atom. The topological polar surface area (TPSA) is 61.0 Å². The van der Waals surface area contributed by atoms with Crippen LogP contribution in [0.1, 0.15) is 5.69 Å². The molecule has 4 aromatic rings. The van der Waals surface area contributed by atoms with Crippen LogP contribution < -0.4 is 4.74 Å². The Labute approximate surface area is 140 Å². The highest BCUT2D eigenvalue weighted by Crippen LogP contribution is 2.25. The second kappa shape index (κ2) is 6.27. The van der Waals surface area contributed by atoms with E-state index in [4.69, 9.17) is 9.15 Å². The van der Waals surface area contributed by atoms with Gasteiger partial charge in [0, 0.05) is 18.5 Å². The molecule has 0 N–H and O–H groups in total. The molecule has 0 aliphatic carbocycles. The summed E-state index contributed by atoms with van der Waals surface area (Å²) in [5, 5.41) is 0. The molecule has 0 radical (unpaired) electrons. The molecule has 0 aliphatic rings. The van der Waals surface area contributed by atoms with Gasteiger partial charge in [-0.1, -0.05) is 6.07 Å². The molecule has 5 nitrogen and oxygen atoms in total. The van der Waals surface area contributed by atoms with E-state index in [0.717, 1.165) is 17.6 Å². The maximum absolute atomic E-state index is 13.8. The minimum absolute atomic E-state index is 0.0886. The third-order valence-corrected chi connectivity index (χ3v) is 3.56. The van der Waals surface area contributed by atoms with Crippen LogP contribution in [0.5, 0.6) is 5.75 Å². The fourth-order valence-corrected chi connectivity index (χ4v) is 2.38. The molecule has 2 aromatic heterocycles. The van der Waals surface area contributed by atoms with Crippen molar-refractivity contribution < 1.29 is 17.9 Å². The lowest BCUT2D eigenvalue weighted by molar-refractivity contribution is 0.301. The number of rotatable bonds is 4. The number of fused-ring (bicyclic) bond motifs is 1. The summed E-state index contributed by atoms with van der Waals surface area (Å²) in [7, 11) is 0. The van der Waals surface area contributed by atoms with E-state index in [1.54, 1.807) is 30.6 Å². The molecule has 25 heavy (non-hydrogen) atoms. The van der Waals surface area contributed by atoms with E-state index >= 15 is 0 Å². The minimum atomic E-state index is -0.734. The smallest absolute Gasteiger partial charge is 0.232 e. The molecule has 0 saturated carbocycles. The molecule has 0 unspecified atom stereocenters. The van der Waals surface area contributed by atoms with Crippen LogP contribution in [0.3, 0.4) is 0 Å². The lowest BCUT2D eigenvalue weighted by Gasteiger charge is -2.04. The average molecular weight is 339 g/mol. The van der Waals surface area contributed by atoms with Crippen LogP contribution in [0.4, 0.5) is 8.78 Å². The summed E-state index contributed by atoms with van der Waals surface area (Å²) in [4.78, 5) is 12.5. The Kier molecular flexibility index (Phi) is 3.81. The standard InChI is InChI=1S/C18H11F2N3O2/c19-13-2-1-3-14(20)17(13)18-23-11(10-25-18)9-24-12-4-5-15-16(8-12)22-7-6-21-15/h1-8,10H,9H2. The third-order valence-electron chi connectivity index (χ3n) is 3.56. The minimum Gasteiger partial charge on any atom is -0.487 e. The number of hydrogen-bond donors (Lipinski definition) is 0. The maximum atomic E-state index is 13.8. The Balaban J connectivity index is 1.53. The Morgan fingerprint density at radius 1 is 0.960 bits per heavy atom. The number of aromatic nitrogens is 3. The fraction of sp³-hybridized carbons (Fsp3) is 0.0556. The van der Waals surface area contributed by atoms with E-state index in [1.165, 1.54) is 12.3 Å². The van der Waals surface area contributed by atoms with E-state index in [9.17, 15) is 8.78 Å². The number of benzene rings is 2. The zero-order valence-corrected chi connectivity index (χ0v) is 12.8. The van der Waals surface area contributed by atoms with E-state index in [-0.39, 0.29) is 18.1 Å². The zero-order valence-electron chi connectivity index (χ0n) is 12.8. The van der Waals surface area contributed by atoms with Crippen molar-refractivity contribution in [2.24, 2.45) is 0 Å². The largest absolute Gasteiger partial charge is 0.487 e. The van der Waals surface area contributed by atoms with Crippen LogP contribution >= 0.6 is 0 Å². The molecule has 7 heteroatoms. The van der Waals surface area contributed by atoms with Gasteiger partial charge in [0.2, 0.25) is 5.89 Å². The summed E-state index contributed by atoms with van der Waals surface area (Å²) in [5.74, 6) is -1.02. The van der Waals surface area contributed by atoms with E-state index in [1.807, 2.05) is 0 Å². The van der Waals surface area contributed by atoms with Crippen LogP contribution in [-0.4, -0.2) is 15.0 Å². The molecule has 0 spiro atoms. The number of halogens is 2. The van der Waals surface area contributed by atoms with E-state index in [2.05, 4.69) is 15.0 Å². The number of nitrogens with zero attached hydrogens (tertiary/aromatic N) is 3. The van der Waals surface area contributed by atoms with Gasteiger partial charge in [0.05, 0.1) is 11.0 Å². The van der Waals surface area contributed by atoms with Gasteiger partial charge in [-0.2, -0.15) is 0 Å². The molecule has 0 amide bonds. The van der Waals surface area contributed by atoms with E-state index in [0.29, 0.717) is 17.0 Å². The molecule has 2 aromatic carbocycles. The van der Waals surface area contributed by atoms with Crippen LogP contribution in [0.2, 0.25) is 0 Å². The fourth-order valence-electron chi connectivity index (χ4n) is 2.38. The highest BCUT2D eigenvalue weighted by Gasteiger charge is 2.16. The molecule has 0 atom stereocenters. The first-order valence-corrected chi connectivity index (χ1v) is 7.43. The molecular weight excluding hydrogens is 328 g/mol. The van der Waals surface area contributed by atoms with Crippen molar-refractivity contribution >= 4 is 11.0 Å². The molecule has 4 rings (SSSR count). The van der Waals surface area contributed by atoms with Gasteiger partial charge in [0.25, 0.3) is 0 Å². The van der Waals surface area contributed by atoms with Gasteiger partial charge in [-0.05, 0) is 24.3 Å². The first-order valence-electron chi connectivity index (χ1n) is 7.43. The predicted molar refractivity (Wildman–Crippen MR) is 85.7 cm³/mol. The monoisotopic (exact) mass is 339 g/mol. The first kappa shape index (κ1) is 15.2. The average Bonchev–Trinajstić information content (AvgIpc) is 3.08. The van der Waals surface area contributed by atoms with Crippen molar-refractivity contribution in [2.45, 2.75) is 6.61 Å². The summed E-state index contributed by atoms with van der Waals surface area (Å²) in [6, 6.07) is 8.88. The van der Waals surface area contributed by atoms with Crippen molar-refractivity contribution in [1.29, 1.82) is 0 Å². The molecular formula is C18H11F2N3O2. The second-order valence-corrected chi connectivity index (χ2v) is 5.24. The van der Waals surface area contributed by atoms with Crippen molar-refractivity contribution in [2.75, 3.05) is 0 Å². The van der Waals surface area contributed by atoms with Crippen LogP contribution in [0.15, 0.2) is 59.5 Å². The van der Waals surface area contributed by atoms with Gasteiger partial charge in [-0.25, -0.2) is 13.8 Å². The summed E-state index contributed by atoms with van der Waals surface area (Å²) < 4.78 is 38.3. The lowest BCUT2D eigenvalue weighted by atomic mass is 10.2. The Morgan fingerprint density at radius 2 is 1.72 bits per heavy atom. The molecule has 0 aliphatic heterocycles. The molecule has 0 bridgehead atoms. The van der Waals surface area contributed by atoms with E-state index < -0.39 is 11.6 Å². The lowest BCUT2D eigenvalue weighted by Crippen LogP contribution is -1.97. The highest BCUT2D eigenvalue weighted by molar-refractivity contribution is 5.75. The maximum Gasteiger partial charge on any atom is 0.232 e. The summed E-state index contributed by atoms with van der Waals surface area (Å²) in [5.41, 5.74) is 1.58. The highest BCUT2D eigenvalue weighted by atomic mass is 19.1. The van der Waals surface area contributed by atoms with Gasteiger partial charge >= 0.3 is 0 Å². The summed E-state index contributed by atoms with van der Waals surface area (Å²) in [6.07, 6.45) is 4.52. The van der Waals surface area contributed by atoms with Gasteiger partial charge < -0.3 is 9.15 Å². The van der Waals surface area contributed by atoms with Gasteiger partial charge in [-0.3, -0.25) is 9.97 Å². The number of ether oxygens (including phenoxy) is 1. The quantitative estimate of drug-likeness (QED) is 0.559. The normalized spacial score (nSPS) is 11.0. The Hall–Kier alpha value is -3.35. The third kappa shape index (κ3) is 3.03. The first-order chi connectivity index (χ1) is 12.2.